The molecule has 2 aliphatic rings. The molecule has 1 aliphatic heterocycles. The number of rotatable bonds is 1. The molecular weight excluding hydrogens is 196 g/mol. The van der Waals surface area contributed by atoms with Crippen molar-refractivity contribution < 1.29 is 0 Å². The van der Waals surface area contributed by atoms with Crippen molar-refractivity contribution >= 4 is 11.4 Å². The van der Waals surface area contributed by atoms with Crippen LogP contribution in [-0.2, 0) is 0 Å². The molecule has 0 spiro atoms. The highest BCUT2D eigenvalue weighted by molar-refractivity contribution is 5.76. The van der Waals surface area contributed by atoms with Crippen LogP contribution in [0.1, 0.15) is 5.56 Å². The van der Waals surface area contributed by atoms with Crippen molar-refractivity contribution in [3.05, 3.63) is 60.2 Å². The van der Waals surface area contributed by atoms with Crippen LogP contribution in [0.15, 0.2) is 54.6 Å². The predicted molar refractivity (Wildman–Crippen MR) is 67.5 cm³/mol. The molecule has 16 heavy (non-hydrogen) atoms. The van der Waals surface area contributed by atoms with Gasteiger partial charge in [-0.05, 0) is 6.07 Å². The summed E-state index contributed by atoms with van der Waals surface area (Å²) in [5.41, 5.74) is 9.04. The molecule has 2 unspecified atom stereocenters. The summed E-state index contributed by atoms with van der Waals surface area (Å²) in [6, 6.07) is 8.35. The molecule has 2 atom stereocenters. The van der Waals surface area contributed by atoms with Gasteiger partial charge in [0.25, 0.3) is 0 Å². The molecule has 1 aromatic carbocycles. The summed E-state index contributed by atoms with van der Waals surface area (Å²) in [5.74, 6) is 0.458. The van der Waals surface area contributed by atoms with Crippen molar-refractivity contribution in [1.29, 1.82) is 0 Å². The second kappa shape index (κ2) is 3.56. The number of fused-ring (bicyclic) bond motifs is 1. The summed E-state index contributed by atoms with van der Waals surface area (Å²) < 4.78 is 0. The summed E-state index contributed by atoms with van der Waals surface area (Å²) in [7, 11) is 0. The Hall–Kier alpha value is -1.96. The molecule has 0 saturated heterocycles. The van der Waals surface area contributed by atoms with Crippen LogP contribution in [0, 0.1) is 5.92 Å². The van der Waals surface area contributed by atoms with Gasteiger partial charge in [-0.25, -0.2) is 0 Å². The maximum absolute atomic E-state index is 5.97. The van der Waals surface area contributed by atoms with Crippen LogP contribution in [0.3, 0.4) is 0 Å². The van der Waals surface area contributed by atoms with Gasteiger partial charge < -0.3 is 11.1 Å². The third kappa shape index (κ3) is 1.43. The Morgan fingerprint density at radius 3 is 2.69 bits per heavy atom. The summed E-state index contributed by atoms with van der Waals surface area (Å²) in [4.78, 5) is 0. The molecule has 2 nitrogen and oxygen atoms in total. The maximum atomic E-state index is 5.97. The van der Waals surface area contributed by atoms with Crippen molar-refractivity contribution in [3.63, 3.8) is 0 Å². The van der Waals surface area contributed by atoms with E-state index in [0.29, 0.717) is 12.0 Å². The Bertz CT molecular complexity index is 497. The van der Waals surface area contributed by atoms with E-state index < -0.39 is 0 Å². The van der Waals surface area contributed by atoms with Crippen molar-refractivity contribution in [1.82, 2.24) is 5.32 Å². The van der Waals surface area contributed by atoms with Crippen molar-refractivity contribution in [2.24, 2.45) is 5.92 Å². The number of nitrogens with two attached hydrogens (primary N) is 1. The number of nitrogen functional groups attached to an aromatic ring is 1. The molecule has 0 saturated carbocycles. The highest BCUT2D eigenvalue weighted by Crippen LogP contribution is 2.30. The second-order valence-corrected chi connectivity index (χ2v) is 4.18. The largest absolute Gasteiger partial charge is 0.398 e. The van der Waals surface area contributed by atoms with Gasteiger partial charge in [0.05, 0.1) is 6.04 Å². The van der Waals surface area contributed by atoms with Crippen LogP contribution in [-0.4, -0.2) is 6.04 Å². The number of nitrogens with one attached hydrogen (secondary N) is 1. The van der Waals surface area contributed by atoms with Crippen LogP contribution in [0.25, 0.3) is 5.70 Å². The van der Waals surface area contributed by atoms with Crippen LogP contribution in [0.2, 0.25) is 0 Å². The van der Waals surface area contributed by atoms with E-state index in [9.17, 15) is 0 Å². The Kier molecular flexibility index (Phi) is 2.07. The number of hydrogen-bond donors (Lipinski definition) is 2. The molecule has 3 N–H and O–H groups in total. The smallest absolute Gasteiger partial charge is 0.0545 e. The van der Waals surface area contributed by atoms with Gasteiger partial charge in [0.15, 0.2) is 0 Å². The van der Waals surface area contributed by atoms with Crippen LogP contribution < -0.4 is 11.1 Å². The lowest BCUT2D eigenvalue weighted by atomic mass is 9.98. The molecule has 0 radical (unpaired) electrons. The lowest BCUT2D eigenvalue weighted by Crippen LogP contribution is -2.26. The average Bonchev–Trinajstić information content (AvgIpc) is 2.73. The molecule has 0 bridgehead atoms. The van der Waals surface area contributed by atoms with E-state index in [1.54, 1.807) is 0 Å². The van der Waals surface area contributed by atoms with E-state index in [2.05, 4.69) is 41.8 Å². The van der Waals surface area contributed by atoms with Gasteiger partial charge in [-0.15, -0.1) is 0 Å². The van der Waals surface area contributed by atoms with E-state index in [1.165, 1.54) is 0 Å². The average molecular weight is 210 g/mol. The normalized spacial score (nSPS) is 26.1. The Labute approximate surface area is 95.2 Å². The van der Waals surface area contributed by atoms with Crippen LogP contribution >= 0.6 is 0 Å². The van der Waals surface area contributed by atoms with Crippen LogP contribution in [0.5, 0.6) is 0 Å². The van der Waals surface area contributed by atoms with Crippen LogP contribution in [0.4, 0.5) is 5.69 Å². The minimum atomic E-state index is 0.389. The maximum Gasteiger partial charge on any atom is 0.0545 e. The molecule has 0 aromatic heterocycles. The van der Waals surface area contributed by atoms with Crippen molar-refractivity contribution in [2.75, 3.05) is 5.73 Å². The zero-order chi connectivity index (χ0) is 11.0. The molecule has 80 valence electrons. The van der Waals surface area contributed by atoms with Gasteiger partial charge in [0.2, 0.25) is 0 Å². The zero-order valence-corrected chi connectivity index (χ0v) is 8.93. The quantitative estimate of drug-likeness (QED) is 0.698. The molecule has 0 fully saturated rings. The number of anilines is 1. The monoisotopic (exact) mass is 210 g/mol. The van der Waals surface area contributed by atoms with Gasteiger partial charge in [0, 0.05) is 22.9 Å². The molecule has 1 aromatic rings. The van der Waals surface area contributed by atoms with Gasteiger partial charge in [-0.2, -0.15) is 0 Å². The Morgan fingerprint density at radius 2 is 1.88 bits per heavy atom. The minimum Gasteiger partial charge on any atom is -0.398 e. The molecule has 1 aliphatic carbocycles. The Balaban J connectivity index is 1.96. The fraction of sp³-hybridized carbons (Fsp3) is 0.143. The lowest BCUT2D eigenvalue weighted by Gasteiger charge is -2.16. The number of hydrogen-bond acceptors (Lipinski definition) is 2. The van der Waals surface area contributed by atoms with Crippen molar-refractivity contribution in [2.45, 2.75) is 6.04 Å². The van der Waals surface area contributed by atoms with E-state index in [1.807, 2.05) is 18.2 Å². The molecule has 2 heteroatoms. The molecule has 3 rings (SSSR count). The molecule has 0 amide bonds. The lowest BCUT2D eigenvalue weighted by molar-refractivity contribution is 0.654. The van der Waals surface area contributed by atoms with Gasteiger partial charge in [-0.1, -0.05) is 48.6 Å². The second-order valence-electron chi connectivity index (χ2n) is 4.18. The predicted octanol–water partition coefficient (Wildman–Crippen LogP) is 2.32. The number of benzene rings is 1. The fourth-order valence-corrected chi connectivity index (χ4v) is 2.26. The van der Waals surface area contributed by atoms with Gasteiger partial charge in [0.1, 0.15) is 0 Å². The SMILES string of the molecule is Nc1ccccc1C1=CC2C=CC=CC2N1. The summed E-state index contributed by atoms with van der Waals surface area (Å²) in [5, 5.41) is 3.49. The van der Waals surface area contributed by atoms with E-state index in [-0.39, 0.29) is 0 Å². The van der Waals surface area contributed by atoms with Gasteiger partial charge in [-0.3, -0.25) is 0 Å². The third-order valence-corrected chi connectivity index (χ3v) is 3.11. The first kappa shape index (κ1) is 9.28. The van der Waals surface area contributed by atoms with E-state index in [0.717, 1.165) is 16.9 Å². The zero-order valence-electron chi connectivity index (χ0n) is 8.93. The molecular formula is C14H14N2. The highest BCUT2D eigenvalue weighted by atomic mass is 15.0. The summed E-state index contributed by atoms with van der Waals surface area (Å²) in [6.07, 6.45) is 10.8. The third-order valence-electron chi connectivity index (χ3n) is 3.11. The first-order valence-electron chi connectivity index (χ1n) is 5.53. The Morgan fingerprint density at radius 1 is 1.06 bits per heavy atom. The van der Waals surface area contributed by atoms with Crippen molar-refractivity contribution in [3.8, 4) is 0 Å². The topological polar surface area (TPSA) is 38.0 Å². The van der Waals surface area contributed by atoms with E-state index >= 15 is 0 Å². The summed E-state index contributed by atoms with van der Waals surface area (Å²) >= 11 is 0. The molecule has 1 heterocycles. The standard InChI is InChI=1S/C14H14N2/c15-12-7-3-2-6-11(12)14-9-10-5-1-4-8-13(10)16-14/h1-10,13,16H,15H2. The first-order valence-corrected chi connectivity index (χ1v) is 5.53. The van der Waals surface area contributed by atoms with E-state index in [4.69, 9.17) is 5.73 Å². The summed E-state index contributed by atoms with van der Waals surface area (Å²) in [6.45, 7) is 0. The highest BCUT2D eigenvalue weighted by Gasteiger charge is 2.25. The fourth-order valence-electron chi connectivity index (χ4n) is 2.26. The minimum absolute atomic E-state index is 0.389. The first-order chi connectivity index (χ1) is 7.84. The van der Waals surface area contributed by atoms with Gasteiger partial charge >= 0.3 is 0 Å². The number of allylic oxidation sites excluding steroid dienone is 2. The number of para-hydroxylation sites is 1.